The molecule has 19 atom stereocenters. The lowest BCUT2D eigenvalue weighted by Crippen LogP contribution is -2.65. The quantitative estimate of drug-likeness (QED) is 0.0921. The molecule has 0 aliphatic carbocycles. The van der Waals surface area contributed by atoms with Crippen LogP contribution >= 0.6 is 0 Å². The summed E-state index contributed by atoms with van der Waals surface area (Å²) in [7, 11) is 0. The molecule has 0 bridgehead atoms. The molecule has 4 saturated heterocycles. The Morgan fingerprint density at radius 1 is 0.623 bits per heavy atom. The van der Waals surface area contributed by atoms with E-state index in [0.717, 1.165) is 12.1 Å². The Morgan fingerprint density at radius 3 is 1.97 bits per heavy atom. The Balaban J connectivity index is 1.20. The number of aromatic hydroxyl groups is 3. The monoisotopic (exact) mass is 872 g/mol. The van der Waals surface area contributed by atoms with Crippen molar-refractivity contribution in [3.63, 3.8) is 0 Å². The summed E-state index contributed by atoms with van der Waals surface area (Å²) >= 11 is 0. The summed E-state index contributed by atoms with van der Waals surface area (Å²) in [5.41, 5.74) is -1.25. The summed E-state index contributed by atoms with van der Waals surface area (Å²) in [5, 5.41) is 137. The minimum atomic E-state index is -2.07. The van der Waals surface area contributed by atoms with E-state index in [1.807, 2.05) is 0 Å². The van der Waals surface area contributed by atoms with Gasteiger partial charge in [0, 0.05) is 17.7 Å². The van der Waals surface area contributed by atoms with Crippen molar-refractivity contribution in [2.45, 2.75) is 131 Å². The summed E-state index contributed by atoms with van der Waals surface area (Å²) in [4.78, 5) is 14.2. The first-order valence-electron chi connectivity index (χ1n) is 19.2. The van der Waals surface area contributed by atoms with Crippen molar-refractivity contribution in [3.8, 4) is 34.3 Å². The lowest BCUT2D eigenvalue weighted by molar-refractivity contribution is -0.365. The fourth-order valence-corrected chi connectivity index (χ4v) is 7.40. The van der Waals surface area contributed by atoms with Crippen LogP contribution in [0.4, 0.5) is 0 Å². The normalized spacial score (nSPS) is 40.8. The van der Waals surface area contributed by atoms with Gasteiger partial charge in [0.25, 0.3) is 0 Å². The number of hydrogen-bond acceptors (Lipinski definition) is 23. The average Bonchev–Trinajstić information content (AvgIpc) is 3.22. The van der Waals surface area contributed by atoms with Gasteiger partial charge in [-0.15, -0.1) is 0 Å². The Hall–Kier alpha value is -3.83. The highest BCUT2D eigenvalue weighted by Gasteiger charge is 2.53. The van der Waals surface area contributed by atoms with E-state index in [0.29, 0.717) is 0 Å². The van der Waals surface area contributed by atoms with Crippen molar-refractivity contribution >= 4 is 11.0 Å². The van der Waals surface area contributed by atoms with Crippen molar-refractivity contribution < 1.29 is 109 Å². The number of aliphatic hydroxyl groups is 10. The summed E-state index contributed by atoms with van der Waals surface area (Å²) in [6, 6.07) is 7.06. The van der Waals surface area contributed by atoms with E-state index >= 15 is 0 Å². The fourth-order valence-electron chi connectivity index (χ4n) is 7.40. The molecule has 61 heavy (non-hydrogen) atoms. The fraction of sp³-hybridized carbons (Fsp3) is 0.605. The van der Waals surface area contributed by atoms with Crippen LogP contribution in [-0.4, -0.2) is 196 Å². The third-order valence-electron chi connectivity index (χ3n) is 11.0. The van der Waals surface area contributed by atoms with Crippen LogP contribution in [-0.2, 0) is 33.2 Å². The standard InChI is InChI=1S/C38H48O23/c1-11-21(43)26(48)29(51)37(56-11)61-34-27(49)24(46)19(10-54-36-30(52)32(22(44)12(2)55-36)59-35-28(50)23(45)17(42)9-53-35)58-38(34)60-33-25(47)20-16(41)7-15(40)8-18(20)57-31(33)13-3-5-14(39)6-4-13/h3-8,11-12,17,19,21-24,26-30,32,34-46,48-52H,9-10H2,1-2H3. The maximum atomic E-state index is 14.2. The van der Waals surface area contributed by atoms with E-state index in [1.165, 1.54) is 38.1 Å². The summed E-state index contributed by atoms with van der Waals surface area (Å²) < 4.78 is 51.8. The highest BCUT2D eigenvalue weighted by atomic mass is 16.8. The van der Waals surface area contributed by atoms with Gasteiger partial charge in [-0.1, -0.05) is 0 Å². The molecule has 0 amide bonds. The van der Waals surface area contributed by atoms with Gasteiger partial charge in [0.15, 0.2) is 30.7 Å². The van der Waals surface area contributed by atoms with Crippen LogP contribution < -0.4 is 10.2 Å². The maximum absolute atomic E-state index is 14.2. The van der Waals surface area contributed by atoms with Gasteiger partial charge in [0.2, 0.25) is 17.5 Å². The molecule has 23 heteroatoms. The Morgan fingerprint density at radius 2 is 1.26 bits per heavy atom. The first-order chi connectivity index (χ1) is 28.9. The third kappa shape index (κ3) is 8.89. The first kappa shape index (κ1) is 45.2. The minimum Gasteiger partial charge on any atom is -0.508 e. The predicted molar refractivity (Wildman–Crippen MR) is 196 cm³/mol. The molecule has 7 rings (SSSR count). The highest BCUT2D eigenvalue weighted by molar-refractivity contribution is 5.88. The molecule has 5 heterocycles. The predicted octanol–water partition coefficient (Wildman–Crippen LogP) is -4.08. The van der Waals surface area contributed by atoms with Crippen molar-refractivity contribution in [3.05, 3.63) is 46.6 Å². The van der Waals surface area contributed by atoms with E-state index < -0.39 is 158 Å². The number of rotatable bonds is 10. The molecule has 4 fully saturated rings. The van der Waals surface area contributed by atoms with Gasteiger partial charge in [-0.05, 0) is 38.1 Å². The second kappa shape index (κ2) is 18.1. The van der Waals surface area contributed by atoms with Gasteiger partial charge < -0.3 is 109 Å². The SMILES string of the molecule is CC1OC(OC2C(Oc3c(-c4ccc(O)cc4)oc4cc(O)cc(O)c4c3=O)OC(COC3OC(C)C(O)C(OC4OCC(O)C(O)C4O)C3O)C(O)C2O)C(O)C(O)C1O. The molecule has 23 nitrogen and oxygen atoms in total. The lowest BCUT2D eigenvalue weighted by Gasteiger charge is -2.46. The van der Waals surface area contributed by atoms with Gasteiger partial charge in [0.1, 0.15) is 101 Å². The molecule has 4 aliphatic heterocycles. The number of phenolic OH excluding ortho intramolecular Hbond substituents is 3. The van der Waals surface area contributed by atoms with E-state index in [2.05, 4.69) is 0 Å². The molecule has 338 valence electrons. The molecule has 0 spiro atoms. The lowest BCUT2D eigenvalue weighted by atomic mass is 9.97. The number of ether oxygens (including phenoxy) is 8. The van der Waals surface area contributed by atoms with Crippen LogP contribution in [0.1, 0.15) is 13.8 Å². The average molecular weight is 873 g/mol. The third-order valence-corrected chi connectivity index (χ3v) is 11.0. The molecule has 4 aliphatic rings. The van der Waals surface area contributed by atoms with Gasteiger partial charge >= 0.3 is 0 Å². The molecule has 19 unspecified atom stereocenters. The second-order valence-electron chi connectivity index (χ2n) is 15.3. The number of hydrogen-bond donors (Lipinski definition) is 13. The van der Waals surface area contributed by atoms with E-state index in [9.17, 15) is 71.2 Å². The number of phenols is 3. The molecule has 0 radical (unpaired) electrons. The van der Waals surface area contributed by atoms with Gasteiger partial charge in [-0.3, -0.25) is 4.79 Å². The largest absolute Gasteiger partial charge is 0.508 e. The molecular weight excluding hydrogens is 824 g/mol. The van der Waals surface area contributed by atoms with Crippen LogP contribution in [0.25, 0.3) is 22.3 Å². The number of aliphatic hydroxyl groups excluding tert-OH is 10. The second-order valence-corrected chi connectivity index (χ2v) is 15.3. The molecular formula is C38H48O23. The van der Waals surface area contributed by atoms with Gasteiger partial charge in [-0.2, -0.15) is 0 Å². The summed E-state index contributed by atoms with van der Waals surface area (Å²) in [6.45, 7) is 1.54. The number of benzene rings is 2. The van der Waals surface area contributed by atoms with E-state index in [4.69, 9.17) is 42.3 Å². The smallest absolute Gasteiger partial charge is 0.239 e. The molecule has 0 saturated carbocycles. The Bertz CT molecular complexity index is 2030. The molecule has 1 aromatic heterocycles. The van der Waals surface area contributed by atoms with Crippen LogP contribution in [0.3, 0.4) is 0 Å². The topological polar surface area (TPSA) is 367 Å². The zero-order chi connectivity index (χ0) is 44.2. The zero-order valence-corrected chi connectivity index (χ0v) is 32.2. The van der Waals surface area contributed by atoms with Gasteiger partial charge in [0.05, 0.1) is 25.4 Å². The Labute approximate surface area is 344 Å². The first-order valence-corrected chi connectivity index (χ1v) is 19.2. The van der Waals surface area contributed by atoms with Crippen LogP contribution in [0.15, 0.2) is 45.6 Å². The molecule has 2 aromatic carbocycles. The van der Waals surface area contributed by atoms with Gasteiger partial charge in [-0.25, -0.2) is 0 Å². The number of fused-ring (bicyclic) bond motifs is 1. The Kier molecular flexibility index (Phi) is 13.4. The van der Waals surface area contributed by atoms with E-state index in [1.54, 1.807) is 0 Å². The van der Waals surface area contributed by atoms with Crippen molar-refractivity contribution in [2.24, 2.45) is 0 Å². The van der Waals surface area contributed by atoms with Crippen molar-refractivity contribution in [1.82, 2.24) is 0 Å². The van der Waals surface area contributed by atoms with Crippen molar-refractivity contribution in [2.75, 3.05) is 13.2 Å². The maximum Gasteiger partial charge on any atom is 0.239 e. The van der Waals surface area contributed by atoms with Crippen LogP contribution in [0.2, 0.25) is 0 Å². The molecule has 13 N–H and O–H groups in total. The summed E-state index contributed by atoms with van der Waals surface area (Å²) in [5.74, 6) is -2.42. The minimum absolute atomic E-state index is 0.105. The molecule has 3 aromatic rings. The van der Waals surface area contributed by atoms with Crippen molar-refractivity contribution in [1.29, 1.82) is 0 Å². The summed E-state index contributed by atoms with van der Waals surface area (Å²) in [6.07, 6.45) is -32.2. The van der Waals surface area contributed by atoms with Crippen LogP contribution in [0.5, 0.6) is 23.0 Å². The zero-order valence-electron chi connectivity index (χ0n) is 32.2. The van der Waals surface area contributed by atoms with Crippen LogP contribution in [0, 0.1) is 0 Å². The highest BCUT2D eigenvalue weighted by Crippen LogP contribution is 2.39. The van der Waals surface area contributed by atoms with E-state index in [-0.39, 0.29) is 22.7 Å².